The third-order valence-corrected chi connectivity index (χ3v) is 3.77. The molecule has 0 aliphatic carbocycles. The van der Waals surface area contributed by atoms with Crippen molar-refractivity contribution in [3.8, 4) is 5.75 Å². The third kappa shape index (κ3) is 5.35. The number of rotatable bonds is 6. The molecule has 0 spiro atoms. The smallest absolute Gasteiger partial charge is 0.335 e. The predicted molar refractivity (Wildman–Crippen MR) is 96.4 cm³/mol. The van der Waals surface area contributed by atoms with Crippen molar-refractivity contribution in [3.63, 3.8) is 0 Å². The first-order valence-corrected chi connectivity index (χ1v) is 8.12. The van der Waals surface area contributed by atoms with Crippen molar-refractivity contribution in [1.82, 2.24) is 5.32 Å². The monoisotopic (exact) mass is 341 g/mol. The molecule has 2 aromatic rings. The Kier molecular flexibility index (Phi) is 5.80. The molecule has 2 rings (SSSR count). The van der Waals surface area contributed by atoms with Gasteiger partial charge in [0.1, 0.15) is 12.4 Å². The number of amides is 1. The van der Waals surface area contributed by atoms with Gasteiger partial charge in [0.15, 0.2) is 0 Å². The number of ether oxygens (including phenoxy) is 1. The van der Waals surface area contributed by atoms with Gasteiger partial charge in [0.25, 0.3) is 5.91 Å². The zero-order valence-electron chi connectivity index (χ0n) is 14.7. The van der Waals surface area contributed by atoms with E-state index in [0.29, 0.717) is 24.5 Å². The minimum absolute atomic E-state index is 0.0546. The van der Waals surface area contributed by atoms with Crippen LogP contribution in [0.3, 0.4) is 0 Å². The van der Waals surface area contributed by atoms with Crippen LogP contribution in [0.15, 0.2) is 48.5 Å². The SMILES string of the molecule is CC(C)(C)c1ccc(C(=O)NCCOc2ccc(C(=O)O)cc2)cc1. The van der Waals surface area contributed by atoms with Crippen LogP contribution in [0.2, 0.25) is 0 Å². The second-order valence-corrected chi connectivity index (χ2v) is 6.76. The van der Waals surface area contributed by atoms with Crippen LogP contribution in [0.25, 0.3) is 0 Å². The number of hydrogen-bond donors (Lipinski definition) is 2. The van der Waals surface area contributed by atoms with E-state index < -0.39 is 5.97 Å². The maximum atomic E-state index is 12.1. The fraction of sp³-hybridized carbons (Fsp3) is 0.300. The minimum Gasteiger partial charge on any atom is -0.492 e. The minimum atomic E-state index is -0.976. The van der Waals surface area contributed by atoms with Gasteiger partial charge in [-0.3, -0.25) is 4.79 Å². The summed E-state index contributed by atoms with van der Waals surface area (Å²) in [5, 5.41) is 11.6. The molecule has 0 aromatic heterocycles. The fourth-order valence-corrected chi connectivity index (χ4v) is 2.25. The van der Waals surface area contributed by atoms with Crippen molar-refractivity contribution in [2.24, 2.45) is 0 Å². The van der Waals surface area contributed by atoms with E-state index >= 15 is 0 Å². The van der Waals surface area contributed by atoms with Crippen LogP contribution < -0.4 is 10.1 Å². The van der Waals surface area contributed by atoms with Crippen molar-refractivity contribution in [2.45, 2.75) is 26.2 Å². The van der Waals surface area contributed by atoms with E-state index in [1.807, 2.05) is 24.3 Å². The van der Waals surface area contributed by atoms with E-state index in [-0.39, 0.29) is 16.9 Å². The molecule has 0 saturated heterocycles. The molecule has 25 heavy (non-hydrogen) atoms. The van der Waals surface area contributed by atoms with Crippen molar-refractivity contribution in [1.29, 1.82) is 0 Å². The number of nitrogens with one attached hydrogen (secondary N) is 1. The average molecular weight is 341 g/mol. The molecule has 2 aromatic carbocycles. The number of carboxylic acids is 1. The molecular weight excluding hydrogens is 318 g/mol. The fourth-order valence-electron chi connectivity index (χ4n) is 2.25. The lowest BCUT2D eigenvalue weighted by Crippen LogP contribution is -2.28. The Morgan fingerprint density at radius 1 is 0.960 bits per heavy atom. The largest absolute Gasteiger partial charge is 0.492 e. The summed E-state index contributed by atoms with van der Waals surface area (Å²) >= 11 is 0. The molecule has 0 bridgehead atoms. The molecule has 0 heterocycles. The van der Waals surface area contributed by atoms with Crippen LogP contribution in [-0.4, -0.2) is 30.1 Å². The lowest BCUT2D eigenvalue weighted by molar-refractivity contribution is 0.0696. The van der Waals surface area contributed by atoms with Crippen molar-refractivity contribution in [3.05, 3.63) is 65.2 Å². The van der Waals surface area contributed by atoms with Gasteiger partial charge in [-0.05, 0) is 47.4 Å². The van der Waals surface area contributed by atoms with E-state index in [9.17, 15) is 9.59 Å². The van der Waals surface area contributed by atoms with Crippen LogP contribution in [0.1, 0.15) is 47.1 Å². The van der Waals surface area contributed by atoms with Crippen LogP contribution in [-0.2, 0) is 5.41 Å². The molecule has 132 valence electrons. The number of aromatic carboxylic acids is 1. The molecule has 0 saturated carbocycles. The van der Waals surface area contributed by atoms with Gasteiger partial charge < -0.3 is 15.2 Å². The summed E-state index contributed by atoms with van der Waals surface area (Å²) in [5.74, 6) is -0.560. The maximum Gasteiger partial charge on any atom is 0.335 e. The molecule has 1 amide bonds. The average Bonchev–Trinajstić information content (AvgIpc) is 2.58. The molecule has 0 aliphatic rings. The van der Waals surface area contributed by atoms with Crippen LogP contribution in [0, 0.1) is 0 Å². The van der Waals surface area contributed by atoms with Gasteiger partial charge in [-0.1, -0.05) is 32.9 Å². The standard InChI is InChI=1S/C20H23NO4/c1-20(2,3)16-8-4-14(5-9-16)18(22)21-12-13-25-17-10-6-15(7-11-17)19(23)24/h4-11H,12-13H2,1-3H3,(H,21,22)(H,23,24). The van der Waals surface area contributed by atoms with Gasteiger partial charge in [-0.15, -0.1) is 0 Å². The Morgan fingerprint density at radius 3 is 2.04 bits per heavy atom. The molecular formula is C20H23NO4. The molecule has 2 N–H and O–H groups in total. The number of carbonyl (C=O) groups excluding carboxylic acids is 1. The Labute approximate surface area is 147 Å². The van der Waals surface area contributed by atoms with Crippen molar-refractivity contribution >= 4 is 11.9 Å². The normalized spacial score (nSPS) is 11.0. The van der Waals surface area contributed by atoms with Crippen LogP contribution in [0.5, 0.6) is 5.75 Å². The first kappa shape index (κ1) is 18.5. The number of carboxylic acid groups (broad SMARTS) is 1. The van der Waals surface area contributed by atoms with Gasteiger partial charge in [0.2, 0.25) is 0 Å². The third-order valence-electron chi connectivity index (χ3n) is 3.77. The highest BCUT2D eigenvalue weighted by molar-refractivity contribution is 5.94. The van der Waals surface area contributed by atoms with Gasteiger partial charge in [0, 0.05) is 5.56 Å². The number of hydrogen-bond acceptors (Lipinski definition) is 3. The summed E-state index contributed by atoms with van der Waals surface area (Å²) in [6.45, 7) is 7.05. The highest BCUT2D eigenvalue weighted by Gasteiger charge is 2.14. The topological polar surface area (TPSA) is 75.6 Å². The summed E-state index contributed by atoms with van der Waals surface area (Å²) in [4.78, 5) is 22.9. The number of benzene rings is 2. The second-order valence-electron chi connectivity index (χ2n) is 6.76. The van der Waals surface area contributed by atoms with E-state index in [1.54, 1.807) is 12.1 Å². The number of carbonyl (C=O) groups is 2. The molecule has 5 heteroatoms. The van der Waals surface area contributed by atoms with Gasteiger partial charge in [-0.25, -0.2) is 4.79 Å². The lowest BCUT2D eigenvalue weighted by Gasteiger charge is -2.19. The van der Waals surface area contributed by atoms with Gasteiger partial charge >= 0.3 is 5.97 Å². The Morgan fingerprint density at radius 2 is 1.52 bits per heavy atom. The van der Waals surface area contributed by atoms with E-state index in [4.69, 9.17) is 9.84 Å². The molecule has 0 atom stereocenters. The summed E-state index contributed by atoms with van der Waals surface area (Å²) in [6.07, 6.45) is 0. The zero-order chi connectivity index (χ0) is 18.4. The van der Waals surface area contributed by atoms with E-state index in [0.717, 1.165) is 0 Å². The summed E-state index contributed by atoms with van der Waals surface area (Å²) < 4.78 is 5.48. The van der Waals surface area contributed by atoms with Gasteiger partial charge in [-0.2, -0.15) is 0 Å². The highest BCUT2D eigenvalue weighted by atomic mass is 16.5. The molecule has 0 aliphatic heterocycles. The predicted octanol–water partition coefficient (Wildman–Crippen LogP) is 3.49. The first-order chi connectivity index (χ1) is 11.8. The molecule has 0 unspecified atom stereocenters. The lowest BCUT2D eigenvalue weighted by atomic mass is 9.87. The first-order valence-electron chi connectivity index (χ1n) is 8.12. The van der Waals surface area contributed by atoms with Crippen molar-refractivity contribution < 1.29 is 19.4 Å². The van der Waals surface area contributed by atoms with Gasteiger partial charge in [0.05, 0.1) is 12.1 Å². The second kappa shape index (κ2) is 7.83. The molecule has 0 fully saturated rings. The van der Waals surface area contributed by atoms with E-state index in [2.05, 4.69) is 26.1 Å². The summed E-state index contributed by atoms with van der Waals surface area (Å²) in [6, 6.07) is 13.7. The Hall–Kier alpha value is -2.82. The summed E-state index contributed by atoms with van der Waals surface area (Å²) in [5.41, 5.74) is 2.05. The van der Waals surface area contributed by atoms with Crippen molar-refractivity contribution in [2.75, 3.05) is 13.2 Å². The zero-order valence-corrected chi connectivity index (χ0v) is 14.7. The van der Waals surface area contributed by atoms with E-state index in [1.165, 1.54) is 17.7 Å². The quantitative estimate of drug-likeness (QED) is 0.789. The summed E-state index contributed by atoms with van der Waals surface area (Å²) in [7, 11) is 0. The maximum absolute atomic E-state index is 12.1. The Balaban J connectivity index is 1.79. The molecule has 5 nitrogen and oxygen atoms in total. The van der Waals surface area contributed by atoms with Crippen LogP contribution >= 0.6 is 0 Å². The van der Waals surface area contributed by atoms with Crippen LogP contribution in [0.4, 0.5) is 0 Å². The molecule has 0 radical (unpaired) electrons. The highest BCUT2D eigenvalue weighted by Crippen LogP contribution is 2.22. The Bertz CT molecular complexity index is 728.